The number of rotatable bonds is 4. The van der Waals surface area contributed by atoms with Gasteiger partial charge in [-0.2, -0.15) is 0 Å². The molecule has 0 aliphatic heterocycles. The van der Waals surface area contributed by atoms with Gasteiger partial charge in [-0.3, -0.25) is 0 Å². The van der Waals surface area contributed by atoms with Gasteiger partial charge in [0.2, 0.25) is 0 Å². The average Bonchev–Trinajstić information content (AvgIpc) is 3.17. The lowest BCUT2D eigenvalue weighted by molar-refractivity contribution is 0.596. The fourth-order valence-corrected chi connectivity index (χ4v) is 6.59. The minimum Gasteiger partial charge on any atom is -0.247 e. The van der Waals surface area contributed by atoms with Gasteiger partial charge >= 0.3 is 0 Å². The Morgan fingerprint density at radius 3 is 2.22 bits per heavy atom. The van der Waals surface area contributed by atoms with Gasteiger partial charge in [-0.15, -0.1) is 11.3 Å². The van der Waals surface area contributed by atoms with E-state index < -0.39 is 0 Å². The van der Waals surface area contributed by atoms with E-state index in [0.717, 1.165) is 17.6 Å². The molecule has 5 aromatic rings. The van der Waals surface area contributed by atoms with Gasteiger partial charge in [0.05, 0.1) is 15.9 Å². The third-order valence-corrected chi connectivity index (χ3v) is 8.15. The van der Waals surface area contributed by atoms with E-state index in [1.54, 1.807) is 0 Å². The molecule has 2 heterocycles. The molecule has 0 spiro atoms. The number of aryl methyl sites for hydroxylation is 3. The summed E-state index contributed by atoms with van der Waals surface area (Å²) in [6, 6.07) is 22.8. The van der Waals surface area contributed by atoms with Crippen LogP contribution in [0.1, 0.15) is 61.7 Å². The van der Waals surface area contributed by atoms with Crippen molar-refractivity contribution in [2.24, 2.45) is 5.92 Å². The van der Waals surface area contributed by atoms with Crippen molar-refractivity contribution in [2.75, 3.05) is 0 Å². The number of benzene rings is 3. The van der Waals surface area contributed by atoms with Crippen LogP contribution in [0.3, 0.4) is 0 Å². The van der Waals surface area contributed by atoms with Crippen LogP contribution in [-0.4, -0.2) is 4.98 Å². The zero-order valence-corrected chi connectivity index (χ0v) is 23.7. The number of pyridine rings is 1. The lowest BCUT2D eigenvalue weighted by atomic mass is 9.82. The predicted molar refractivity (Wildman–Crippen MR) is 159 cm³/mol. The third-order valence-electron chi connectivity index (χ3n) is 7.07. The summed E-state index contributed by atoms with van der Waals surface area (Å²) in [4.78, 5) is 6.51. The predicted octanol–water partition coefficient (Wildman–Crippen LogP) is 10.2. The van der Waals surface area contributed by atoms with E-state index in [0.29, 0.717) is 5.92 Å². The van der Waals surface area contributed by atoms with Gasteiger partial charge < -0.3 is 0 Å². The Morgan fingerprint density at radius 1 is 0.861 bits per heavy atom. The highest BCUT2D eigenvalue weighted by Gasteiger charge is 2.20. The quantitative estimate of drug-likeness (QED) is 0.244. The maximum Gasteiger partial charge on any atom is 0.0826 e. The summed E-state index contributed by atoms with van der Waals surface area (Å²) in [6.45, 7) is 18.2. The second-order valence-electron chi connectivity index (χ2n) is 11.8. The molecular formula is C34H37NS. The second kappa shape index (κ2) is 9.16. The molecule has 0 bridgehead atoms. The van der Waals surface area contributed by atoms with E-state index in [2.05, 4.69) is 116 Å². The molecule has 5 rings (SSSR count). The van der Waals surface area contributed by atoms with E-state index >= 15 is 0 Å². The first kappa shape index (κ1) is 24.7. The van der Waals surface area contributed by atoms with Gasteiger partial charge in [0.15, 0.2) is 0 Å². The maximum atomic E-state index is 5.21. The summed E-state index contributed by atoms with van der Waals surface area (Å²) >= 11 is 1.86. The molecule has 3 aromatic carbocycles. The van der Waals surface area contributed by atoms with Crippen LogP contribution in [0.25, 0.3) is 43.4 Å². The smallest absolute Gasteiger partial charge is 0.0826 e. The van der Waals surface area contributed by atoms with Crippen molar-refractivity contribution in [1.29, 1.82) is 0 Å². The largest absolute Gasteiger partial charge is 0.247 e. The average molecular weight is 492 g/mol. The first-order valence-electron chi connectivity index (χ1n) is 13.1. The zero-order chi connectivity index (χ0) is 25.8. The summed E-state index contributed by atoms with van der Waals surface area (Å²) in [5.41, 5.74) is 11.6. The van der Waals surface area contributed by atoms with Crippen molar-refractivity contribution in [2.45, 2.75) is 67.2 Å². The fourth-order valence-electron chi connectivity index (χ4n) is 5.62. The Hall–Kier alpha value is -2.97. The number of thiophene rings is 1. The van der Waals surface area contributed by atoms with Crippen LogP contribution >= 0.6 is 11.3 Å². The Bertz CT molecular complexity index is 1570. The van der Waals surface area contributed by atoms with Gasteiger partial charge in [-0.25, -0.2) is 4.98 Å². The van der Waals surface area contributed by atoms with Crippen LogP contribution in [0.5, 0.6) is 0 Å². The van der Waals surface area contributed by atoms with Crippen molar-refractivity contribution in [1.82, 2.24) is 4.98 Å². The number of fused-ring (bicyclic) bond motifs is 2. The van der Waals surface area contributed by atoms with Crippen molar-refractivity contribution in [3.63, 3.8) is 0 Å². The number of aromatic nitrogens is 1. The molecule has 0 N–H and O–H groups in total. The molecule has 36 heavy (non-hydrogen) atoms. The highest BCUT2D eigenvalue weighted by atomic mass is 32.1. The summed E-state index contributed by atoms with van der Waals surface area (Å²) in [5, 5.41) is 2.60. The molecule has 0 saturated heterocycles. The van der Waals surface area contributed by atoms with E-state index in [9.17, 15) is 0 Å². The Kier molecular flexibility index (Phi) is 6.29. The van der Waals surface area contributed by atoms with Crippen LogP contribution in [0.15, 0.2) is 60.7 Å². The minimum absolute atomic E-state index is 0.0426. The SMILES string of the molecule is Cc1cc2nc(-c3cc(C(C)(C)C)c4ccccc4c3)cc(-c3c(C)cc(CC(C)C)cc3C)c2s1. The van der Waals surface area contributed by atoms with Crippen LogP contribution in [0.4, 0.5) is 0 Å². The van der Waals surface area contributed by atoms with Crippen molar-refractivity contribution in [3.05, 3.63) is 87.8 Å². The Balaban J connectivity index is 1.77. The highest BCUT2D eigenvalue weighted by Crippen LogP contribution is 2.41. The summed E-state index contributed by atoms with van der Waals surface area (Å²) < 4.78 is 1.29. The Morgan fingerprint density at radius 2 is 1.56 bits per heavy atom. The molecular weight excluding hydrogens is 454 g/mol. The zero-order valence-electron chi connectivity index (χ0n) is 22.9. The first-order chi connectivity index (χ1) is 17.0. The summed E-state index contributed by atoms with van der Waals surface area (Å²) in [5.74, 6) is 0.652. The molecule has 0 unspecified atom stereocenters. The van der Waals surface area contributed by atoms with Gasteiger partial charge in [0, 0.05) is 16.0 Å². The van der Waals surface area contributed by atoms with Gasteiger partial charge in [0.25, 0.3) is 0 Å². The maximum absolute atomic E-state index is 5.21. The number of nitrogens with zero attached hydrogens (tertiary/aromatic N) is 1. The lowest BCUT2D eigenvalue weighted by Gasteiger charge is -2.23. The van der Waals surface area contributed by atoms with Crippen LogP contribution in [0, 0.1) is 26.7 Å². The third kappa shape index (κ3) is 4.60. The van der Waals surface area contributed by atoms with E-state index in [-0.39, 0.29) is 5.41 Å². The molecule has 0 aliphatic rings. The number of hydrogen-bond donors (Lipinski definition) is 0. The first-order valence-corrected chi connectivity index (χ1v) is 13.9. The van der Waals surface area contributed by atoms with Crippen molar-refractivity contribution >= 4 is 32.3 Å². The normalized spacial score (nSPS) is 12.2. The highest BCUT2D eigenvalue weighted by molar-refractivity contribution is 7.19. The van der Waals surface area contributed by atoms with Crippen molar-refractivity contribution < 1.29 is 0 Å². The van der Waals surface area contributed by atoms with E-state index in [1.807, 2.05) is 11.3 Å². The van der Waals surface area contributed by atoms with Crippen LogP contribution in [-0.2, 0) is 11.8 Å². The summed E-state index contributed by atoms with van der Waals surface area (Å²) in [7, 11) is 0. The van der Waals surface area contributed by atoms with Gasteiger partial charge in [0.1, 0.15) is 0 Å². The van der Waals surface area contributed by atoms with Gasteiger partial charge in [-0.1, -0.05) is 71.0 Å². The van der Waals surface area contributed by atoms with E-state index in [4.69, 9.17) is 4.98 Å². The minimum atomic E-state index is 0.0426. The molecule has 184 valence electrons. The number of hydrogen-bond acceptors (Lipinski definition) is 2. The molecule has 1 nitrogen and oxygen atoms in total. The molecule has 0 aliphatic carbocycles. The molecule has 0 fully saturated rings. The molecule has 2 heteroatoms. The lowest BCUT2D eigenvalue weighted by Crippen LogP contribution is -2.12. The molecule has 0 radical (unpaired) electrons. The van der Waals surface area contributed by atoms with Gasteiger partial charge in [-0.05, 0) is 101 Å². The standard InChI is InChI=1S/C34H37NS/c1-20(2)13-24-14-21(3)32(22(4)15-24)28-19-30(35-31-16-23(5)36-33(28)31)26-17-25-11-9-10-12-27(25)29(18-26)34(6,7)8/h9-12,14-20H,13H2,1-8H3. The fraction of sp³-hybridized carbons (Fsp3) is 0.324. The Labute approximate surface area is 220 Å². The van der Waals surface area contributed by atoms with Crippen molar-refractivity contribution in [3.8, 4) is 22.4 Å². The van der Waals surface area contributed by atoms with E-state index in [1.165, 1.54) is 59.3 Å². The molecule has 0 saturated carbocycles. The van der Waals surface area contributed by atoms with Crippen LogP contribution < -0.4 is 0 Å². The molecule has 0 amide bonds. The monoisotopic (exact) mass is 491 g/mol. The topological polar surface area (TPSA) is 12.9 Å². The summed E-state index contributed by atoms with van der Waals surface area (Å²) in [6.07, 6.45) is 1.11. The molecule has 0 atom stereocenters. The second-order valence-corrected chi connectivity index (χ2v) is 13.1. The van der Waals surface area contributed by atoms with Crippen LogP contribution in [0.2, 0.25) is 0 Å². The molecule has 2 aromatic heterocycles.